The van der Waals surface area contributed by atoms with Crippen LogP contribution in [0.4, 0.5) is 0 Å². The molecule has 1 atom stereocenters. The average molecular weight is 547 g/mol. The molecule has 5 nitrogen and oxygen atoms in total. The largest absolute Gasteiger partial charge is 0.699 e. The quantitative estimate of drug-likeness (QED) is 0.0950. The fourth-order valence-electron chi connectivity index (χ4n) is 4.29. The molecule has 5 aromatic carbocycles. The summed E-state index contributed by atoms with van der Waals surface area (Å²) in [5.41, 5.74) is 1.55. The van der Waals surface area contributed by atoms with E-state index in [1.165, 1.54) is 0 Å². The molecule has 0 aliphatic carbocycles. The normalized spacial score (nSPS) is 11.7. The molecule has 40 heavy (non-hydrogen) atoms. The fourth-order valence-corrected chi connectivity index (χ4v) is 7.14. The Morgan fingerprint density at radius 1 is 0.550 bits per heavy atom. The SMILES string of the molecule is CC(C[Si](Oc1ccccc1)(Oc1ccccc1)Oc1ccccc1)c1ccc(OC(=O)c2ccccc2)cc1. The molecule has 0 fully saturated rings. The molecular formula is C34H30O5Si. The lowest BCUT2D eigenvalue weighted by Gasteiger charge is -2.32. The minimum absolute atomic E-state index is 0.00155. The van der Waals surface area contributed by atoms with Crippen LogP contribution in [-0.2, 0) is 0 Å². The third-order valence-electron chi connectivity index (χ3n) is 6.28. The number of carbonyl (C=O) groups is 1. The highest BCUT2D eigenvalue weighted by Gasteiger charge is 2.50. The molecular weight excluding hydrogens is 516 g/mol. The van der Waals surface area contributed by atoms with Crippen molar-refractivity contribution in [2.24, 2.45) is 0 Å². The smallest absolute Gasteiger partial charge is 0.483 e. The second kappa shape index (κ2) is 12.8. The van der Waals surface area contributed by atoms with E-state index in [-0.39, 0.29) is 5.92 Å². The highest BCUT2D eigenvalue weighted by atomic mass is 28.4. The maximum absolute atomic E-state index is 12.5. The molecule has 5 rings (SSSR count). The number of carbonyl (C=O) groups excluding carboxylic acids is 1. The molecule has 0 aliphatic rings. The standard InChI is InChI=1S/C34H30O5Si/c1-27(28-22-24-30(25-23-28)36-34(35)29-14-6-2-7-15-29)26-40(37-31-16-8-3-9-17-31,38-32-18-10-4-11-19-32)39-33-20-12-5-13-21-33/h2-25,27H,26H2,1H3. The van der Waals surface area contributed by atoms with Crippen molar-refractivity contribution in [3.05, 3.63) is 157 Å². The Hall–Kier alpha value is -4.81. The molecule has 0 saturated heterocycles. The highest BCUT2D eigenvalue weighted by Crippen LogP contribution is 2.33. The molecule has 0 aliphatic heterocycles. The molecule has 0 spiro atoms. The van der Waals surface area contributed by atoms with E-state index in [2.05, 4.69) is 6.92 Å². The summed E-state index contributed by atoms with van der Waals surface area (Å²) >= 11 is 0. The molecule has 0 heterocycles. The molecule has 1 unspecified atom stereocenters. The van der Waals surface area contributed by atoms with Crippen LogP contribution in [-0.4, -0.2) is 14.8 Å². The molecule has 0 bridgehead atoms. The Morgan fingerprint density at radius 2 is 0.950 bits per heavy atom. The van der Waals surface area contributed by atoms with Crippen LogP contribution in [0.1, 0.15) is 28.8 Å². The zero-order valence-corrected chi connectivity index (χ0v) is 23.2. The van der Waals surface area contributed by atoms with Gasteiger partial charge < -0.3 is 18.0 Å². The lowest BCUT2D eigenvalue weighted by atomic mass is 10.0. The lowest BCUT2D eigenvalue weighted by molar-refractivity contribution is 0.0734. The van der Waals surface area contributed by atoms with E-state index in [0.29, 0.717) is 34.6 Å². The van der Waals surface area contributed by atoms with E-state index in [4.69, 9.17) is 18.0 Å². The van der Waals surface area contributed by atoms with Gasteiger partial charge in [-0.2, -0.15) is 0 Å². The Labute approximate surface area is 235 Å². The van der Waals surface area contributed by atoms with E-state index in [0.717, 1.165) is 5.56 Å². The zero-order valence-electron chi connectivity index (χ0n) is 22.2. The molecule has 6 heteroatoms. The van der Waals surface area contributed by atoms with Crippen molar-refractivity contribution < 1.29 is 22.8 Å². The molecule has 0 aromatic heterocycles. The number of esters is 1. The van der Waals surface area contributed by atoms with Crippen LogP contribution >= 0.6 is 0 Å². The van der Waals surface area contributed by atoms with E-state index in [1.807, 2.05) is 133 Å². The summed E-state index contributed by atoms with van der Waals surface area (Å²) in [5.74, 6) is 2.12. The first kappa shape index (κ1) is 26.8. The Kier molecular flexibility index (Phi) is 8.59. The van der Waals surface area contributed by atoms with Crippen LogP contribution in [0, 0.1) is 0 Å². The highest BCUT2D eigenvalue weighted by molar-refractivity contribution is 6.63. The predicted molar refractivity (Wildman–Crippen MR) is 158 cm³/mol. The summed E-state index contributed by atoms with van der Waals surface area (Å²) in [5, 5.41) is 0. The number of rotatable bonds is 11. The van der Waals surface area contributed by atoms with Crippen LogP contribution in [0.15, 0.2) is 146 Å². The molecule has 0 saturated carbocycles. The molecule has 0 radical (unpaired) electrons. The van der Waals surface area contributed by atoms with Crippen LogP contribution < -0.4 is 18.0 Å². The summed E-state index contributed by atoms with van der Waals surface area (Å²) in [6, 6.07) is 45.8. The van der Waals surface area contributed by atoms with Crippen molar-refractivity contribution in [3.8, 4) is 23.0 Å². The van der Waals surface area contributed by atoms with Gasteiger partial charge in [-0.25, -0.2) is 4.79 Å². The predicted octanol–water partition coefficient (Wildman–Crippen LogP) is 8.19. The first-order chi connectivity index (χ1) is 19.6. The number of benzene rings is 5. The summed E-state index contributed by atoms with van der Waals surface area (Å²) < 4.78 is 25.5. The van der Waals surface area contributed by atoms with Gasteiger partial charge in [0.2, 0.25) is 0 Å². The van der Waals surface area contributed by atoms with Crippen molar-refractivity contribution in [2.75, 3.05) is 0 Å². The summed E-state index contributed by atoms with van der Waals surface area (Å²) in [4.78, 5) is 12.5. The van der Waals surface area contributed by atoms with E-state index in [9.17, 15) is 4.79 Å². The molecule has 0 amide bonds. The van der Waals surface area contributed by atoms with Crippen molar-refractivity contribution in [2.45, 2.75) is 18.9 Å². The Bertz CT molecular complexity index is 1380. The minimum atomic E-state index is -3.43. The van der Waals surface area contributed by atoms with Gasteiger partial charge >= 0.3 is 14.8 Å². The van der Waals surface area contributed by atoms with Crippen LogP contribution in [0.25, 0.3) is 0 Å². The topological polar surface area (TPSA) is 54.0 Å². The number of hydrogen-bond acceptors (Lipinski definition) is 5. The van der Waals surface area contributed by atoms with Crippen LogP contribution in [0.3, 0.4) is 0 Å². The summed E-state index contributed by atoms with van der Waals surface area (Å²) in [7, 11) is -3.43. The monoisotopic (exact) mass is 546 g/mol. The summed E-state index contributed by atoms with van der Waals surface area (Å²) in [6.45, 7) is 2.11. The van der Waals surface area contributed by atoms with E-state index >= 15 is 0 Å². The zero-order chi connectivity index (χ0) is 27.6. The van der Waals surface area contributed by atoms with Gasteiger partial charge in [-0.3, -0.25) is 0 Å². The van der Waals surface area contributed by atoms with E-state index in [1.54, 1.807) is 12.1 Å². The van der Waals surface area contributed by atoms with Crippen molar-refractivity contribution >= 4 is 14.8 Å². The van der Waals surface area contributed by atoms with Crippen molar-refractivity contribution in [1.82, 2.24) is 0 Å². The van der Waals surface area contributed by atoms with Crippen LogP contribution in [0.2, 0.25) is 6.04 Å². The number of hydrogen-bond donors (Lipinski definition) is 0. The van der Waals surface area contributed by atoms with Gasteiger partial charge in [-0.05, 0) is 72.1 Å². The average Bonchev–Trinajstić information content (AvgIpc) is 2.99. The third-order valence-corrected chi connectivity index (χ3v) is 9.03. The number of ether oxygens (including phenoxy) is 1. The van der Waals surface area contributed by atoms with Gasteiger partial charge in [-0.15, -0.1) is 0 Å². The number of para-hydroxylation sites is 3. The summed E-state index contributed by atoms with van der Waals surface area (Å²) in [6.07, 6.45) is 0. The molecule has 200 valence electrons. The second-order valence-corrected chi connectivity index (χ2v) is 11.7. The fraction of sp³-hybridized carbons (Fsp3) is 0.0882. The van der Waals surface area contributed by atoms with Gasteiger partial charge in [0.05, 0.1) is 11.6 Å². The van der Waals surface area contributed by atoms with Gasteiger partial charge in [0.25, 0.3) is 0 Å². The van der Waals surface area contributed by atoms with E-state index < -0.39 is 14.8 Å². The van der Waals surface area contributed by atoms with Gasteiger partial charge in [0, 0.05) is 0 Å². The maximum atomic E-state index is 12.5. The van der Waals surface area contributed by atoms with Gasteiger partial charge in [0.15, 0.2) is 0 Å². The van der Waals surface area contributed by atoms with Gasteiger partial charge in [0.1, 0.15) is 23.0 Å². The molecule has 5 aromatic rings. The van der Waals surface area contributed by atoms with Crippen molar-refractivity contribution in [3.63, 3.8) is 0 Å². The van der Waals surface area contributed by atoms with Gasteiger partial charge in [-0.1, -0.05) is 91.9 Å². The molecule has 0 N–H and O–H groups in total. The lowest BCUT2D eigenvalue weighted by Crippen LogP contribution is -2.55. The Balaban J connectivity index is 1.41. The maximum Gasteiger partial charge on any atom is 0.699 e. The first-order valence-electron chi connectivity index (χ1n) is 13.2. The minimum Gasteiger partial charge on any atom is -0.483 e. The Morgan fingerprint density at radius 3 is 1.38 bits per heavy atom. The first-order valence-corrected chi connectivity index (χ1v) is 15.1. The third kappa shape index (κ3) is 7.18. The second-order valence-electron chi connectivity index (χ2n) is 9.36. The van der Waals surface area contributed by atoms with Crippen LogP contribution in [0.5, 0.6) is 23.0 Å². The van der Waals surface area contributed by atoms with Crippen molar-refractivity contribution in [1.29, 1.82) is 0 Å².